The van der Waals surface area contributed by atoms with Crippen LogP contribution in [0.15, 0.2) is 48.6 Å². The number of carbonyl (C=O) groups is 4. The van der Waals surface area contributed by atoms with E-state index in [9.17, 15) is 32.3 Å². The summed E-state index contributed by atoms with van der Waals surface area (Å²) in [5.74, 6) is -5.94. The number of benzene rings is 2. The molecule has 5 N–H and O–H groups in total. The summed E-state index contributed by atoms with van der Waals surface area (Å²) in [5.41, 5.74) is 7.32. The molecule has 2 fully saturated rings. The molecule has 0 aliphatic carbocycles. The Balaban J connectivity index is 0.000000482. The molecule has 0 unspecified atom stereocenters. The third-order valence-corrected chi connectivity index (χ3v) is 7.12. The molecule has 0 saturated carbocycles. The van der Waals surface area contributed by atoms with E-state index in [-0.39, 0.29) is 41.8 Å². The number of carbonyl (C=O) groups excluding carboxylic acids is 2. The summed E-state index contributed by atoms with van der Waals surface area (Å²) in [4.78, 5) is 46.2. The van der Waals surface area contributed by atoms with E-state index >= 15 is 0 Å². The molecule has 214 valence electrons. The highest BCUT2D eigenvalue weighted by Crippen LogP contribution is 2.41. The molecule has 4 rings (SSSR count). The second-order valence-electron chi connectivity index (χ2n) is 9.72. The lowest BCUT2D eigenvalue weighted by Gasteiger charge is -2.41. The smallest absolute Gasteiger partial charge is 0.328 e. The van der Waals surface area contributed by atoms with Crippen LogP contribution in [0.3, 0.4) is 0 Å². The molecule has 2 aromatic carbocycles. The number of carboxylic acids is 2. The number of nitrogens with two attached hydrogens (primary N) is 1. The van der Waals surface area contributed by atoms with E-state index < -0.39 is 35.4 Å². The highest BCUT2D eigenvalue weighted by atomic mass is 19.2. The fourth-order valence-corrected chi connectivity index (χ4v) is 5.27. The van der Waals surface area contributed by atoms with Gasteiger partial charge in [0.25, 0.3) is 11.8 Å². The third-order valence-electron chi connectivity index (χ3n) is 7.12. The van der Waals surface area contributed by atoms with E-state index in [0.717, 1.165) is 18.9 Å². The molecule has 2 aromatic rings. The summed E-state index contributed by atoms with van der Waals surface area (Å²) in [6.45, 7) is 0. The van der Waals surface area contributed by atoms with E-state index in [2.05, 4.69) is 5.32 Å². The summed E-state index contributed by atoms with van der Waals surface area (Å²) in [6.07, 6.45) is 4.27. The number of amides is 2. The van der Waals surface area contributed by atoms with Gasteiger partial charge in [-0.25, -0.2) is 22.8 Å². The minimum atomic E-state index is -1.26. The van der Waals surface area contributed by atoms with Crippen molar-refractivity contribution in [2.45, 2.75) is 50.2 Å². The van der Waals surface area contributed by atoms with Crippen LogP contribution >= 0.6 is 0 Å². The van der Waals surface area contributed by atoms with Crippen molar-refractivity contribution in [1.82, 2.24) is 10.2 Å². The van der Waals surface area contributed by atoms with Gasteiger partial charge in [0.05, 0.1) is 0 Å². The molecular weight excluding hydrogens is 531 g/mol. The number of halogens is 3. The van der Waals surface area contributed by atoms with E-state index in [0.29, 0.717) is 42.2 Å². The summed E-state index contributed by atoms with van der Waals surface area (Å²) in [7, 11) is 1.54. The summed E-state index contributed by atoms with van der Waals surface area (Å²) in [6, 6.07) is 7.68. The summed E-state index contributed by atoms with van der Waals surface area (Å²) in [5, 5.41) is 18.2. The molecule has 2 saturated heterocycles. The van der Waals surface area contributed by atoms with E-state index in [1.165, 1.54) is 7.05 Å². The largest absolute Gasteiger partial charge is 0.478 e. The minimum Gasteiger partial charge on any atom is -0.478 e. The van der Waals surface area contributed by atoms with Crippen LogP contribution in [0.1, 0.15) is 52.0 Å². The van der Waals surface area contributed by atoms with E-state index in [4.69, 9.17) is 15.9 Å². The minimum absolute atomic E-state index is 0.00996. The van der Waals surface area contributed by atoms with Crippen LogP contribution in [-0.4, -0.2) is 64.0 Å². The number of fused-ring (bicyclic) bond motifs is 2. The van der Waals surface area contributed by atoms with Crippen LogP contribution in [0.5, 0.6) is 0 Å². The number of aliphatic carboxylic acids is 2. The number of piperidine rings is 1. The number of hydrogen-bond acceptors (Lipinski definition) is 5. The Bertz CT molecular complexity index is 1290. The molecule has 0 spiro atoms. The predicted molar refractivity (Wildman–Crippen MR) is 138 cm³/mol. The van der Waals surface area contributed by atoms with Crippen molar-refractivity contribution in [3.05, 3.63) is 82.7 Å². The molecule has 4 atom stereocenters. The van der Waals surface area contributed by atoms with Crippen LogP contribution < -0.4 is 11.1 Å². The third kappa shape index (κ3) is 7.47. The molecular formula is C28H30F3N3O6. The molecule has 40 heavy (non-hydrogen) atoms. The van der Waals surface area contributed by atoms with Gasteiger partial charge in [0.1, 0.15) is 5.82 Å². The second-order valence-corrected chi connectivity index (χ2v) is 9.72. The number of hydrogen-bond donors (Lipinski definition) is 4. The zero-order chi connectivity index (χ0) is 29.6. The maximum Gasteiger partial charge on any atom is 0.328 e. The Morgan fingerprint density at radius 3 is 2.05 bits per heavy atom. The van der Waals surface area contributed by atoms with E-state index in [1.54, 1.807) is 24.3 Å². The lowest BCUT2D eigenvalue weighted by Crippen LogP contribution is -2.50. The number of rotatable bonds is 7. The van der Waals surface area contributed by atoms with Crippen LogP contribution in [0, 0.1) is 23.4 Å². The Morgan fingerprint density at radius 1 is 0.950 bits per heavy atom. The van der Waals surface area contributed by atoms with Crippen LogP contribution in [0.4, 0.5) is 13.2 Å². The maximum absolute atomic E-state index is 14.1. The second kappa shape index (κ2) is 13.2. The molecule has 2 heterocycles. The van der Waals surface area contributed by atoms with E-state index in [1.807, 2.05) is 4.90 Å². The van der Waals surface area contributed by atoms with Crippen LogP contribution in [-0.2, 0) is 16.0 Å². The Hall–Kier alpha value is -4.19. The Labute approximate surface area is 228 Å². The standard InChI is InChI=1S/C24H26F3N3O2.C4H4O4/c1-29-23(31)13-3-2-4-14(7-13)24(32)30-17-5-6-18(30)9-16(8-17)22(28)11-15-10-20(26)21(27)12-19(15)25;5-3(6)1-2-4(7)8/h2-4,7,10,12,16-18,22H,5-6,8-9,11,28H2,1H3,(H,29,31);1-2H,(H,5,6)(H,7,8)/b;2-1-/t16-,17-,18+,22-;/m1./s1. The molecule has 2 aliphatic heterocycles. The van der Waals surface area contributed by atoms with Gasteiger partial charge in [0.15, 0.2) is 11.6 Å². The van der Waals surface area contributed by atoms with Crippen molar-refractivity contribution >= 4 is 23.8 Å². The molecule has 0 radical (unpaired) electrons. The highest BCUT2D eigenvalue weighted by Gasteiger charge is 2.44. The molecule has 2 amide bonds. The average Bonchev–Trinajstić information content (AvgIpc) is 3.18. The molecule has 12 heteroatoms. The fourth-order valence-electron chi connectivity index (χ4n) is 5.27. The first-order valence-corrected chi connectivity index (χ1v) is 12.6. The Morgan fingerprint density at radius 2 is 1.50 bits per heavy atom. The lowest BCUT2D eigenvalue weighted by molar-refractivity contribution is -0.134. The zero-order valence-electron chi connectivity index (χ0n) is 21.6. The zero-order valence-corrected chi connectivity index (χ0v) is 21.6. The van der Waals surface area contributed by atoms with Gasteiger partial charge in [-0.2, -0.15) is 0 Å². The summed E-state index contributed by atoms with van der Waals surface area (Å²) >= 11 is 0. The van der Waals surface area contributed by atoms with Gasteiger partial charge in [-0.15, -0.1) is 0 Å². The van der Waals surface area contributed by atoms with Gasteiger partial charge in [0.2, 0.25) is 0 Å². The topological polar surface area (TPSA) is 150 Å². The van der Waals surface area contributed by atoms with Gasteiger partial charge in [0, 0.05) is 54.5 Å². The fraction of sp³-hybridized carbons (Fsp3) is 0.357. The first-order valence-electron chi connectivity index (χ1n) is 12.6. The first kappa shape index (κ1) is 30.4. The van der Waals surface area contributed by atoms with Crippen molar-refractivity contribution in [2.75, 3.05) is 7.05 Å². The van der Waals surface area contributed by atoms with Crippen molar-refractivity contribution in [3.63, 3.8) is 0 Å². The van der Waals surface area contributed by atoms with Crippen molar-refractivity contribution in [2.24, 2.45) is 11.7 Å². The SMILES string of the molecule is CNC(=O)c1cccc(C(=O)N2[C@@H]3CC[C@H]2C[C@H]([C@H](N)Cc2cc(F)c(F)cc2F)C3)c1.O=C(O)/C=C\C(=O)O. The molecule has 2 bridgehead atoms. The van der Waals surface area contributed by atoms with Crippen molar-refractivity contribution in [3.8, 4) is 0 Å². The molecule has 0 aromatic heterocycles. The maximum atomic E-state index is 14.1. The predicted octanol–water partition coefficient (Wildman–Crippen LogP) is 3.13. The highest BCUT2D eigenvalue weighted by molar-refractivity contribution is 6.00. The normalized spacial score (nSPS) is 20.4. The van der Waals surface area contributed by atoms with Gasteiger partial charge >= 0.3 is 11.9 Å². The quantitative estimate of drug-likeness (QED) is 0.300. The lowest BCUT2D eigenvalue weighted by atomic mass is 9.82. The number of nitrogens with zero attached hydrogens (tertiary/aromatic N) is 1. The monoisotopic (exact) mass is 561 g/mol. The van der Waals surface area contributed by atoms with Crippen molar-refractivity contribution < 1.29 is 42.6 Å². The van der Waals surface area contributed by atoms with Gasteiger partial charge in [-0.05, 0) is 67.9 Å². The molecule has 9 nitrogen and oxygen atoms in total. The molecule has 2 aliphatic rings. The van der Waals surface area contributed by atoms with Gasteiger partial charge in [-0.1, -0.05) is 6.07 Å². The first-order chi connectivity index (χ1) is 18.9. The number of nitrogens with one attached hydrogen (secondary N) is 1. The van der Waals surface area contributed by atoms with Gasteiger partial charge < -0.3 is 26.2 Å². The number of carboxylic acid groups (broad SMARTS) is 2. The van der Waals surface area contributed by atoms with Crippen LogP contribution in [0.25, 0.3) is 0 Å². The van der Waals surface area contributed by atoms with Crippen LogP contribution in [0.2, 0.25) is 0 Å². The average molecular weight is 562 g/mol. The van der Waals surface area contributed by atoms with Crippen molar-refractivity contribution in [1.29, 1.82) is 0 Å². The summed E-state index contributed by atoms with van der Waals surface area (Å²) < 4.78 is 40.8. The Kier molecular flexibility index (Phi) is 10.1. The van der Waals surface area contributed by atoms with Gasteiger partial charge in [-0.3, -0.25) is 9.59 Å².